The monoisotopic (exact) mass is 432 g/mol. The number of carbonyl (C=O) groups is 4. The number of rotatable bonds is 13. The van der Waals surface area contributed by atoms with Gasteiger partial charge in [0, 0.05) is 26.9 Å². The molecule has 10 heteroatoms. The van der Waals surface area contributed by atoms with Crippen LogP contribution in [0.1, 0.15) is 54.4 Å². The van der Waals surface area contributed by atoms with E-state index >= 15 is 0 Å². The molecule has 0 saturated heterocycles. The van der Waals surface area contributed by atoms with Crippen molar-refractivity contribution < 1.29 is 39.6 Å². The highest BCUT2D eigenvalue weighted by Crippen LogP contribution is 2.39. The summed E-state index contributed by atoms with van der Waals surface area (Å²) >= 11 is 0. The Morgan fingerprint density at radius 3 is 1.13 bits per heavy atom. The SMILES string of the molecule is CC(=O)N(CCO)C(C(=O)O)C(C)(C)CCC(C)(C)C(C(=O)O)N(CCO)C(C)=O. The molecule has 0 spiro atoms. The number of aliphatic carboxylic acids is 2. The summed E-state index contributed by atoms with van der Waals surface area (Å²) in [7, 11) is 0. The van der Waals surface area contributed by atoms with Gasteiger partial charge in [-0.3, -0.25) is 9.59 Å². The molecule has 0 bridgehead atoms. The van der Waals surface area contributed by atoms with Crippen LogP contribution in [0.5, 0.6) is 0 Å². The predicted octanol–water partition coefficient (Wildman–Crippen LogP) is 0.407. The maximum atomic E-state index is 12.0. The molecule has 0 saturated carbocycles. The molecule has 0 aromatic rings. The quantitative estimate of drug-likeness (QED) is 0.326. The molecule has 30 heavy (non-hydrogen) atoms. The molecule has 174 valence electrons. The fourth-order valence-corrected chi connectivity index (χ4v) is 3.85. The third-order valence-electron chi connectivity index (χ3n) is 5.48. The van der Waals surface area contributed by atoms with Crippen LogP contribution >= 0.6 is 0 Å². The Labute approximate surface area is 177 Å². The average molecular weight is 433 g/mol. The fourth-order valence-electron chi connectivity index (χ4n) is 3.85. The van der Waals surface area contributed by atoms with Gasteiger partial charge in [-0.15, -0.1) is 0 Å². The van der Waals surface area contributed by atoms with Crippen LogP contribution < -0.4 is 0 Å². The summed E-state index contributed by atoms with van der Waals surface area (Å²) < 4.78 is 0. The second-order valence-electron chi connectivity index (χ2n) is 8.83. The largest absolute Gasteiger partial charge is 0.480 e. The van der Waals surface area contributed by atoms with E-state index in [2.05, 4.69) is 0 Å². The maximum Gasteiger partial charge on any atom is 0.326 e. The highest BCUT2D eigenvalue weighted by molar-refractivity contribution is 5.83. The van der Waals surface area contributed by atoms with Gasteiger partial charge in [0.05, 0.1) is 13.2 Å². The third kappa shape index (κ3) is 7.24. The molecule has 10 nitrogen and oxygen atoms in total. The smallest absolute Gasteiger partial charge is 0.326 e. The molecule has 2 amide bonds. The first-order chi connectivity index (χ1) is 13.6. The molecule has 0 aliphatic heterocycles. The highest BCUT2D eigenvalue weighted by atomic mass is 16.4. The van der Waals surface area contributed by atoms with Crippen molar-refractivity contribution in [2.75, 3.05) is 26.3 Å². The van der Waals surface area contributed by atoms with Crippen LogP contribution in [-0.2, 0) is 19.2 Å². The van der Waals surface area contributed by atoms with Gasteiger partial charge in [-0.1, -0.05) is 27.7 Å². The zero-order valence-electron chi connectivity index (χ0n) is 18.7. The van der Waals surface area contributed by atoms with Crippen LogP contribution in [0.15, 0.2) is 0 Å². The predicted molar refractivity (Wildman–Crippen MR) is 109 cm³/mol. The fraction of sp³-hybridized carbons (Fsp3) is 0.800. The summed E-state index contributed by atoms with van der Waals surface area (Å²) in [6.07, 6.45) is 0.474. The van der Waals surface area contributed by atoms with Crippen LogP contribution in [0, 0.1) is 10.8 Å². The summed E-state index contributed by atoms with van der Waals surface area (Å²) in [5.74, 6) is -3.42. The van der Waals surface area contributed by atoms with E-state index in [1.807, 2.05) is 0 Å². The minimum atomic E-state index is -1.22. The number of amides is 2. The lowest BCUT2D eigenvalue weighted by Gasteiger charge is -2.43. The van der Waals surface area contributed by atoms with Gasteiger partial charge >= 0.3 is 11.9 Å². The van der Waals surface area contributed by atoms with Crippen molar-refractivity contribution in [3.63, 3.8) is 0 Å². The molecule has 0 aliphatic carbocycles. The third-order valence-corrected chi connectivity index (χ3v) is 5.48. The lowest BCUT2D eigenvalue weighted by Crippen LogP contribution is -2.55. The van der Waals surface area contributed by atoms with E-state index in [0.29, 0.717) is 0 Å². The first-order valence-electron chi connectivity index (χ1n) is 9.85. The minimum absolute atomic E-state index is 0.133. The summed E-state index contributed by atoms with van der Waals surface area (Å²) in [5, 5.41) is 38.0. The number of aliphatic hydroxyl groups excluding tert-OH is 2. The van der Waals surface area contributed by atoms with Gasteiger partial charge in [-0.25, -0.2) is 9.59 Å². The number of nitrogens with zero attached hydrogens (tertiary/aromatic N) is 2. The summed E-state index contributed by atoms with van der Waals surface area (Å²) in [6, 6.07) is -2.44. The van der Waals surface area contributed by atoms with E-state index in [-0.39, 0.29) is 39.1 Å². The Balaban J connectivity index is 5.83. The number of carbonyl (C=O) groups excluding carboxylic acids is 2. The normalized spacial score (nSPS) is 14.0. The van der Waals surface area contributed by atoms with E-state index in [1.54, 1.807) is 27.7 Å². The van der Waals surface area contributed by atoms with Gasteiger partial charge in [-0.05, 0) is 23.7 Å². The molecule has 0 aromatic carbocycles. The Morgan fingerprint density at radius 2 is 0.967 bits per heavy atom. The zero-order chi connectivity index (χ0) is 23.9. The van der Waals surface area contributed by atoms with Crippen molar-refractivity contribution in [1.82, 2.24) is 9.80 Å². The molecule has 0 fully saturated rings. The lowest BCUT2D eigenvalue weighted by atomic mass is 9.71. The molecular weight excluding hydrogens is 396 g/mol. The maximum absolute atomic E-state index is 12.0. The van der Waals surface area contributed by atoms with E-state index in [4.69, 9.17) is 0 Å². The van der Waals surface area contributed by atoms with Gasteiger partial charge in [-0.2, -0.15) is 0 Å². The molecule has 0 radical (unpaired) electrons. The molecule has 0 rings (SSSR count). The van der Waals surface area contributed by atoms with Crippen LogP contribution in [0.2, 0.25) is 0 Å². The number of hydrogen-bond donors (Lipinski definition) is 4. The average Bonchev–Trinajstić information content (AvgIpc) is 2.58. The number of carboxylic acids is 2. The van der Waals surface area contributed by atoms with Gasteiger partial charge in [0.2, 0.25) is 11.8 Å². The van der Waals surface area contributed by atoms with Gasteiger partial charge in [0.15, 0.2) is 0 Å². The van der Waals surface area contributed by atoms with Crippen molar-refractivity contribution in [2.45, 2.75) is 66.5 Å². The first-order valence-corrected chi connectivity index (χ1v) is 9.85. The van der Waals surface area contributed by atoms with Gasteiger partial charge in [0.25, 0.3) is 0 Å². The highest BCUT2D eigenvalue weighted by Gasteiger charge is 2.45. The number of aliphatic hydroxyl groups is 2. The van der Waals surface area contributed by atoms with Crippen molar-refractivity contribution >= 4 is 23.8 Å². The van der Waals surface area contributed by atoms with Crippen molar-refractivity contribution in [3.05, 3.63) is 0 Å². The minimum Gasteiger partial charge on any atom is -0.480 e. The van der Waals surface area contributed by atoms with Crippen LogP contribution in [0.4, 0.5) is 0 Å². The Morgan fingerprint density at radius 1 is 0.700 bits per heavy atom. The van der Waals surface area contributed by atoms with Gasteiger partial charge < -0.3 is 30.2 Å². The number of hydrogen-bond acceptors (Lipinski definition) is 6. The number of carboxylic acid groups (broad SMARTS) is 2. The zero-order valence-corrected chi connectivity index (χ0v) is 18.7. The van der Waals surface area contributed by atoms with Crippen LogP contribution in [0.3, 0.4) is 0 Å². The second kappa shape index (κ2) is 11.3. The van der Waals surface area contributed by atoms with Crippen LogP contribution in [-0.4, -0.2) is 92.4 Å². The molecule has 0 aromatic heterocycles. The Bertz CT molecular complexity index is 578. The molecular formula is C20H36N2O8. The van der Waals surface area contributed by atoms with Crippen molar-refractivity contribution in [3.8, 4) is 0 Å². The molecule has 4 N–H and O–H groups in total. The molecule has 2 unspecified atom stereocenters. The topological polar surface area (TPSA) is 156 Å². The standard InChI is InChI=1S/C20H36N2O8/c1-13(25)21(9-11-23)15(17(27)28)19(3,4)7-8-20(5,6)16(18(29)30)22(10-12-24)14(2)26/h15-16,23-24H,7-12H2,1-6H3,(H,27,28)(H,29,30). The molecule has 2 atom stereocenters. The van der Waals surface area contributed by atoms with E-state index in [1.165, 1.54) is 13.8 Å². The molecule has 0 heterocycles. The van der Waals surface area contributed by atoms with Crippen LogP contribution in [0.25, 0.3) is 0 Å². The summed E-state index contributed by atoms with van der Waals surface area (Å²) in [6.45, 7) is 8.08. The van der Waals surface area contributed by atoms with E-state index in [9.17, 15) is 39.6 Å². The second-order valence-corrected chi connectivity index (χ2v) is 8.83. The molecule has 0 aliphatic rings. The van der Waals surface area contributed by atoms with E-state index in [0.717, 1.165) is 9.80 Å². The summed E-state index contributed by atoms with van der Waals surface area (Å²) in [5.41, 5.74) is -1.91. The van der Waals surface area contributed by atoms with E-state index < -0.39 is 46.7 Å². The van der Waals surface area contributed by atoms with Crippen molar-refractivity contribution in [1.29, 1.82) is 0 Å². The summed E-state index contributed by atoms with van der Waals surface area (Å²) in [4.78, 5) is 50.1. The Hall–Kier alpha value is -2.20. The first kappa shape index (κ1) is 27.8. The van der Waals surface area contributed by atoms with Gasteiger partial charge in [0.1, 0.15) is 12.1 Å². The van der Waals surface area contributed by atoms with Crippen molar-refractivity contribution in [2.24, 2.45) is 10.8 Å². The lowest BCUT2D eigenvalue weighted by molar-refractivity contribution is -0.158. The Kier molecular flexibility index (Phi) is 10.4.